The van der Waals surface area contributed by atoms with Crippen molar-refractivity contribution in [2.75, 3.05) is 33.4 Å². The van der Waals surface area contributed by atoms with Crippen molar-refractivity contribution in [3.05, 3.63) is 0 Å². The monoisotopic (exact) mass is 227 g/mol. The average molecular weight is 227 g/mol. The van der Waals surface area contributed by atoms with Crippen LogP contribution in [-0.2, 0) is 9.53 Å². The fourth-order valence-electron chi connectivity index (χ4n) is 2.46. The number of methoxy groups -OCH3 is 1. The van der Waals surface area contributed by atoms with Crippen molar-refractivity contribution in [3.8, 4) is 0 Å². The first-order valence-electron chi connectivity index (χ1n) is 6.36. The van der Waals surface area contributed by atoms with Gasteiger partial charge in [0.1, 0.15) is 6.61 Å². The van der Waals surface area contributed by atoms with Crippen molar-refractivity contribution in [1.82, 2.24) is 4.90 Å². The van der Waals surface area contributed by atoms with Crippen LogP contribution in [0.25, 0.3) is 0 Å². The first kappa shape index (κ1) is 13.7. The Hall–Kier alpha value is -0.410. The predicted octanol–water partition coefficient (Wildman–Crippen LogP) is 1.96. The molecular formula is C13H25NO2. The highest BCUT2D eigenvalue weighted by Gasteiger charge is 2.20. The van der Waals surface area contributed by atoms with Gasteiger partial charge >= 0.3 is 0 Å². The molecule has 1 heterocycles. The van der Waals surface area contributed by atoms with E-state index in [0.29, 0.717) is 6.54 Å². The number of hydrogen-bond acceptors (Lipinski definition) is 3. The molecule has 94 valence electrons. The number of Topliss-reactive ketones (excluding diaryl/α,β-unsaturated/α-hetero) is 1. The van der Waals surface area contributed by atoms with E-state index in [-0.39, 0.29) is 12.4 Å². The minimum atomic E-state index is 0.200. The average Bonchev–Trinajstić information content (AvgIpc) is 2.43. The lowest BCUT2D eigenvalue weighted by atomic mass is 9.89. The molecule has 1 atom stereocenters. The standard InChI is InChI=1S/C13H25NO2/c1-11(2)12-5-4-7-14(8-6-12)9-13(15)10-16-3/h11-12H,4-10H2,1-3H3. The van der Waals surface area contributed by atoms with Gasteiger partial charge in [-0.05, 0) is 44.2 Å². The smallest absolute Gasteiger partial charge is 0.172 e. The van der Waals surface area contributed by atoms with Crippen LogP contribution < -0.4 is 0 Å². The minimum Gasteiger partial charge on any atom is -0.377 e. The SMILES string of the molecule is COCC(=O)CN1CCCC(C(C)C)CC1. The maximum absolute atomic E-state index is 11.5. The molecular weight excluding hydrogens is 202 g/mol. The van der Waals surface area contributed by atoms with Crippen LogP contribution in [0.2, 0.25) is 0 Å². The fraction of sp³-hybridized carbons (Fsp3) is 0.923. The molecule has 1 unspecified atom stereocenters. The Labute approximate surface area is 99.1 Å². The van der Waals surface area contributed by atoms with Crippen molar-refractivity contribution in [1.29, 1.82) is 0 Å². The van der Waals surface area contributed by atoms with E-state index in [1.54, 1.807) is 7.11 Å². The Kier molecular flexibility index (Phi) is 5.99. The van der Waals surface area contributed by atoms with Crippen LogP contribution >= 0.6 is 0 Å². The molecule has 0 aliphatic carbocycles. The van der Waals surface area contributed by atoms with Gasteiger partial charge in [-0.2, -0.15) is 0 Å². The van der Waals surface area contributed by atoms with Crippen LogP contribution in [0.4, 0.5) is 0 Å². The van der Waals surface area contributed by atoms with Crippen LogP contribution in [0.5, 0.6) is 0 Å². The lowest BCUT2D eigenvalue weighted by molar-refractivity contribution is -0.123. The molecule has 0 amide bonds. The van der Waals surface area contributed by atoms with E-state index >= 15 is 0 Å². The van der Waals surface area contributed by atoms with Gasteiger partial charge in [-0.1, -0.05) is 13.8 Å². The van der Waals surface area contributed by atoms with Gasteiger partial charge in [-0.25, -0.2) is 0 Å². The van der Waals surface area contributed by atoms with Crippen molar-refractivity contribution < 1.29 is 9.53 Å². The number of carbonyl (C=O) groups is 1. The van der Waals surface area contributed by atoms with E-state index in [4.69, 9.17) is 4.74 Å². The summed E-state index contributed by atoms with van der Waals surface area (Å²) in [6.07, 6.45) is 3.77. The molecule has 0 spiro atoms. The van der Waals surface area contributed by atoms with Gasteiger partial charge in [-0.15, -0.1) is 0 Å². The third-order valence-electron chi connectivity index (χ3n) is 3.51. The van der Waals surface area contributed by atoms with Crippen molar-refractivity contribution in [2.45, 2.75) is 33.1 Å². The molecule has 3 heteroatoms. The summed E-state index contributed by atoms with van der Waals surface area (Å²) >= 11 is 0. The summed E-state index contributed by atoms with van der Waals surface area (Å²) < 4.78 is 4.86. The number of likely N-dealkylation sites (tertiary alicyclic amines) is 1. The lowest BCUT2D eigenvalue weighted by Crippen LogP contribution is -2.32. The normalized spacial score (nSPS) is 23.4. The summed E-state index contributed by atoms with van der Waals surface area (Å²) in [6, 6.07) is 0. The molecule has 0 bridgehead atoms. The zero-order chi connectivity index (χ0) is 12.0. The molecule has 3 nitrogen and oxygen atoms in total. The zero-order valence-corrected chi connectivity index (χ0v) is 10.9. The first-order chi connectivity index (χ1) is 7.63. The molecule has 0 aromatic rings. The van der Waals surface area contributed by atoms with E-state index < -0.39 is 0 Å². The molecule has 0 radical (unpaired) electrons. The van der Waals surface area contributed by atoms with Crippen molar-refractivity contribution in [2.24, 2.45) is 11.8 Å². The number of ether oxygens (including phenoxy) is 1. The molecule has 1 aliphatic heterocycles. The van der Waals surface area contributed by atoms with Crippen LogP contribution in [0, 0.1) is 11.8 Å². The summed E-state index contributed by atoms with van der Waals surface area (Å²) in [5.41, 5.74) is 0. The van der Waals surface area contributed by atoms with Gasteiger partial charge < -0.3 is 4.74 Å². The van der Waals surface area contributed by atoms with Gasteiger partial charge in [0.15, 0.2) is 5.78 Å². The summed E-state index contributed by atoms with van der Waals surface area (Å²) in [6.45, 7) is 7.56. The Morgan fingerprint density at radius 1 is 1.38 bits per heavy atom. The highest BCUT2D eigenvalue weighted by molar-refractivity contribution is 5.81. The second kappa shape index (κ2) is 7.02. The second-order valence-corrected chi connectivity index (χ2v) is 5.18. The molecule has 1 rings (SSSR count). The Morgan fingerprint density at radius 2 is 2.12 bits per heavy atom. The molecule has 1 aliphatic rings. The van der Waals surface area contributed by atoms with E-state index in [1.807, 2.05) is 0 Å². The fourth-order valence-corrected chi connectivity index (χ4v) is 2.46. The number of hydrogen-bond donors (Lipinski definition) is 0. The van der Waals surface area contributed by atoms with E-state index in [1.165, 1.54) is 19.3 Å². The molecule has 0 saturated carbocycles. The van der Waals surface area contributed by atoms with Crippen LogP contribution in [0.3, 0.4) is 0 Å². The Bertz CT molecular complexity index is 216. The number of nitrogens with zero attached hydrogens (tertiary/aromatic N) is 1. The van der Waals surface area contributed by atoms with E-state index in [0.717, 1.165) is 24.9 Å². The van der Waals surface area contributed by atoms with Gasteiger partial charge in [0.05, 0.1) is 6.54 Å². The summed E-state index contributed by atoms with van der Waals surface area (Å²) in [4.78, 5) is 13.8. The summed E-state index contributed by atoms with van der Waals surface area (Å²) in [7, 11) is 1.58. The van der Waals surface area contributed by atoms with E-state index in [9.17, 15) is 4.79 Å². The van der Waals surface area contributed by atoms with Crippen LogP contribution in [0.1, 0.15) is 33.1 Å². The van der Waals surface area contributed by atoms with E-state index in [2.05, 4.69) is 18.7 Å². The molecule has 0 aromatic heterocycles. The van der Waals surface area contributed by atoms with Gasteiger partial charge in [0, 0.05) is 7.11 Å². The van der Waals surface area contributed by atoms with Crippen molar-refractivity contribution >= 4 is 5.78 Å². The Morgan fingerprint density at radius 3 is 2.75 bits per heavy atom. The molecule has 16 heavy (non-hydrogen) atoms. The number of carbonyl (C=O) groups excluding carboxylic acids is 1. The molecule has 0 N–H and O–H groups in total. The predicted molar refractivity (Wildman–Crippen MR) is 65.5 cm³/mol. The van der Waals surface area contributed by atoms with Crippen molar-refractivity contribution in [3.63, 3.8) is 0 Å². The topological polar surface area (TPSA) is 29.5 Å². The first-order valence-corrected chi connectivity index (χ1v) is 6.36. The summed E-state index contributed by atoms with van der Waals surface area (Å²) in [5.74, 6) is 1.81. The molecule has 1 saturated heterocycles. The minimum absolute atomic E-state index is 0.200. The lowest BCUT2D eigenvalue weighted by Gasteiger charge is -2.20. The second-order valence-electron chi connectivity index (χ2n) is 5.18. The van der Waals surface area contributed by atoms with Gasteiger partial charge in [-0.3, -0.25) is 9.69 Å². The molecule has 1 fully saturated rings. The largest absolute Gasteiger partial charge is 0.377 e. The van der Waals surface area contributed by atoms with Crippen LogP contribution in [-0.4, -0.2) is 44.0 Å². The third kappa shape index (κ3) is 4.62. The quantitative estimate of drug-likeness (QED) is 0.719. The third-order valence-corrected chi connectivity index (χ3v) is 3.51. The zero-order valence-electron chi connectivity index (χ0n) is 10.9. The maximum Gasteiger partial charge on any atom is 0.172 e. The molecule has 0 aromatic carbocycles. The van der Waals surface area contributed by atoms with Crippen LogP contribution in [0.15, 0.2) is 0 Å². The van der Waals surface area contributed by atoms with Gasteiger partial charge in [0.2, 0.25) is 0 Å². The number of rotatable bonds is 5. The maximum atomic E-state index is 11.5. The number of ketones is 1. The highest BCUT2D eigenvalue weighted by atomic mass is 16.5. The summed E-state index contributed by atoms with van der Waals surface area (Å²) in [5, 5.41) is 0. The Balaban J connectivity index is 2.32. The highest BCUT2D eigenvalue weighted by Crippen LogP contribution is 2.24. The van der Waals surface area contributed by atoms with Gasteiger partial charge in [0.25, 0.3) is 0 Å².